The van der Waals surface area contributed by atoms with E-state index < -0.39 is 0 Å². The van der Waals surface area contributed by atoms with Gasteiger partial charge in [0.15, 0.2) is 10.3 Å². The van der Waals surface area contributed by atoms with Gasteiger partial charge in [-0.3, -0.25) is 9.59 Å². The fourth-order valence-corrected chi connectivity index (χ4v) is 6.34. The first kappa shape index (κ1) is 26.5. The molecule has 3 aliphatic rings. The molecule has 0 bridgehead atoms. The first-order chi connectivity index (χ1) is 18.3. The van der Waals surface area contributed by atoms with Gasteiger partial charge in [-0.2, -0.15) is 9.98 Å². The van der Waals surface area contributed by atoms with Crippen molar-refractivity contribution in [2.24, 2.45) is 9.98 Å². The SMILES string of the molecule is CC(C)c1ccc(/C=C2/SC(N3CCN(C4=NC(=O)/C(=C\c5ccc(C(C)C)cc5)S4)CC3)=NC2=O)cc1. The molecule has 3 heterocycles. The van der Waals surface area contributed by atoms with E-state index in [1.54, 1.807) is 0 Å². The Kier molecular flexibility index (Phi) is 7.91. The van der Waals surface area contributed by atoms with Crippen LogP contribution in [0.1, 0.15) is 61.8 Å². The van der Waals surface area contributed by atoms with Crippen molar-refractivity contribution in [3.05, 3.63) is 80.6 Å². The molecule has 1 saturated heterocycles. The van der Waals surface area contributed by atoms with Crippen LogP contribution in [0.2, 0.25) is 0 Å². The monoisotopic (exact) mass is 544 g/mol. The van der Waals surface area contributed by atoms with Gasteiger partial charge in [-0.25, -0.2) is 0 Å². The van der Waals surface area contributed by atoms with E-state index in [1.165, 1.54) is 34.7 Å². The van der Waals surface area contributed by atoms with Crippen LogP contribution in [0, 0.1) is 0 Å². The maximum absolute atomic E-state index is 12.6. The van der Waals surface area contributed by atoms with E-state index in [0.717, 1.165) is 47.6 Å². The van der Waals surface area contributed by atoms with Crippen molar-refractivity contribution in [1.82, 2.24) is 9.80 Å². The van der Waals surface area contributed by atoms with E-state index in [0.29, 0.717) is 21.6 Å². The van der Waals surface area contributed by atoms with E-state index in [-0.39, 0.29) is 11.8 Å². The summed E-state index contributed by atoms with van der Waals surface area (Å²) < 4.78 is 0. The van der Waals surface area contributed by atoms with Crippen LogP contribution in [0.25, 0.3) is 12.2 Å². The number of amidine groups is 2. The van der Waals surface area contributed by atoms with Gasteiger partial charge in [-0.05, 0) is 69.8 Å². The number of aliphatic imine (C=N–C) groups is 2. The summed E-state index contributed by atoms with van der Waals surface area (Å²) >= 11 is 2.88. The maximum atomic E-state index is 12.6. The summed E-state index contributed by atoms with van der Waals surface area (Å²) in [5.41, 5.74) is 4.57. The fraction of sp³-hybridized carbons (Fsp3) is 0.333. The number of amides is 2. The van der Waals surface area contributed by atoms with E-state index in [1.807, 2.05) is 12.2 Å². The van der Waals surface area contributed by atoms with Gasteiger partial charge in [0, 0.05) is 26.2 Å². The quantitative estimate of drug-likeness (QED) is 0.428. The molecular weight excluding hydrogens is 512 g/mol. The van der Waals surface area contributed by atoms with Crippen molar-refractivity contribution in [2.45, 2.75) is 39.5 Å². The summed E-state index contributed by atoms with van der Waals surface area (Å²) in [5, 5.41) is 1.50. The molecule has 3 aliphatic heterocycles. The molecule has 2 aromatic rings. The van der Waals surface area contributed by atoms with E-state index in [4.69, 9.17) is 0 Å². The van der Waals surface area contributed by atoms with Gasteiger partial charge in [0.25, 0.3) is 11.8 Å². The first-order valence-electron chi connectivity index (χ1n) is 13.0. The third-order valence-corrected chi connectivity index (χ3v) is 8.93. The highest BCUT2D eigenvalue weighted by molar-refractivity contribution is 8.18. The largest absolute Gasteiger partial charge is 0.347 e. The third kappa shape index (κ3) is 5.97. The normalized spacial score (nSPS) is 20.4. The van der Waals surface area contributed by atoms with E-state index >= 15 is 0 Å². The molecule has 0 atom stereocenters. The number of nitrogens with zero attached hydrogens (tertiary/aromatic N) is 4. The molecule has 0 spiro atoms. The molecule has 0 saturated carbocycles. The number of thioether (sulfide) groups is 2. The number of piperazine rings is 1. The molecule has 0 N–H and O–H groups in total. The van der Waals surface area contributed by atoms with E-state index in [9.17, 15) is 9.59 Å². The minimum absolute atomic E-state index is 0.183. The van der Waals surface area contributed by atoms with Crippen molar-refractivity contribution in [2.75, 3.05) is 26.2 Å². The number of benzene rings is 2. The highest BCUT2D eigenvalue weighted by Gasteiger charge is 2.32. The third-order valence-electron chi connectivity index (χ3n) is 6.84. The van der Waals surface area contributed by atoms with Gasteiger partial charge in [0.05, 0.1) is 9.81 Å². The number of hydrogen-bond donors (Lipinski definition) is 0. The Morgan fingerprint density at radius 3 is 1.29 bits per heavy atom. The Balaban J connectivity index is 1.16. The molecule has 0 aliphatic carbocycles. The molecule has 0 unspecified atom stereocenters. The van der Waals surface area contributed by atoms with Gasteiger partial charge in [0.1, 0.15) is 0 Å². The maximum Gasteiger partial charge on any atom is 0.286 e. The predicted molar refractivity (Wildman–Crippen MR) is 160 cm³/mol. The van der Waals surface area contributed by atoms with Crippen LogP contribution in [0.4, 0.5) is 0 Å². The summed E-state index contributed by atoms with van der Waals surface area (Å²) in [6.45, 7) is 11.6. The van der Waals surface area contributed by atoms with Crippen LogP contribution >= 0.6 is 23.5 Å². The van der Waals surface area contributed by atoms with Crippen LogP contribution in [-0.4, -0.2) is 58.1 Å². The van der Waals surface area contributed by atoms with Gasteiger partial charge >= 0.3 is 0 Å². The Hall–Kier alpha value is -3.10. The van der Waals surface area contributed by atoms with Crippen LogP contribution in [0.15, 0.2) is 68.3 Å². The Labute approximate surface area is 233 Å². The molecule has 6 nitrogen and oxygen atoms in total. The summed E-state index contributed by atoms with van der Waals surface area (Å²) in [6, 6.07) is 16.7. The van der Waals surface area contributed by atoms with Crippen molar-refractivity contribution in [3.8, 4) is 0 Å². The number of carbonyl (C=O) groups is 2. The summed E-state index contributed by atoms with van der Waals surface area (Å²) in [5.74, 6) is 0.587. The predicted octanol–water partition coefficient (Wildman–Crippen LogP) is 6.19. The Bertz CT molecular complexity index is 1240. The molecule has 1 fully saturated rings. The first-order valence-corrected chi connectivity index (χ1v) is 14.6. The fourth-order valence-electron chi connectivity index (χ4n) is 4.41. The van der Waals surface area contributed by atoms with Gasteiger partial charge < -0.3 is 9.80 Å². The second kappa shape index (κ2) is 11.3. The lowest BCUT2D eigenvalue weighted by molar-refractivity contribution is -0.114. The number of hydrogen-bond acceptors (Lipinski definition) is 6. The number of carbonyl (C=O) groups excluding carboxylic acids is 2. The zero-order chi connectivity index (χ0) is 26.8. The average Bonchev–Trinajstić information content (AvgIpc) is 3.46. The van der Waals surface area contributed by atoms with Crippen molar-refractivity contribution >= 4 is 57.8 Å². The van der Waals surface area contributed by atoms with E-state index in [2.05, 4.69) is 96.0 Å². The molecular formula is C30H32N4O2S2. The molecule has 8 heteroatoms. The number of rotatable bonds is 4. The lowest BCUT2D eigenvalue weighted by atomic mass is 10.0. The zero-order valence-corrected chi connectivity index (χ0v) is 23.8. The van der Waals surface area contributed by atoms with Crippen LogP contribution in [-0.2, 0) is 9.59 Å². The minimum Gasteiger partial charge on any atom is -0.347 e. The standard InChI is InChI=1S/C30H32N4O2S2/c1-19(2)23-9-5-21(6-10-23)17-25-27(35)31-29(37-25)33-13-15-34(16-14-33)30-32-28(36)26(38-30)18-22-7-11-24(12-8-22)20(3)4/h5-12,17-20H,13-16H2,1-4H3/b25-17+,26-18+. The molecule has 38 heavy (non-hydrogen) atoms. The second-order valence-electron chi connectivity index (χ2n) is 10.2. The van der Waals surface area contributed by atoms with Gasteiger partial charge in [-0.1, -0.05) is 76.2 Å². The summed E-state index contributed by atoms with van der Waals surface area (Å²) in [6.07, 6.45) is 3.84. The minimum atomic E-state index is -0.183. The molecule has 196 valence electrons. The topological polar surface area (TPSA) is 65.3 Å². The van der Waals surface area contributed by atoms with Gasteiger partial charge in [-0.15, -0.1) is 0 Å². The summed E-state index contributed by atoms with van der Waals surface area (Å²) in [7, 11) is 0. The van der Waals surface area contributed by atoms with Gasteiger partial charge in [0.2, 0.25) is 0 Å². The molecule has 0 aromatic heterocycles. The van der Waals surface area contributed by atoms with Crippen molar-refractivity contribution in [1.29, 1.82) is 0 Å². The Morgan fingerprint density at radius 2 is 0.974 bits per heavy atom. The lowest BCUT2D eigenvalue weighted by Crippen LogP contribution is -2.49. The smallest absolute Gasteiger partial charge is 0.286 e. The Morgan fingerprint density at radius 1 is 0.632 bits per heavy atom. The van der Waals surface area contributed by atoms with Crippen molar-refractivity contribution < 1.29 is 9.59 Å². The van der Waals surface area contributed by atoms with Crippen LogP contribution in [0.3, 0.4) is 0 Å². The van der Waals surface area contributed by atoms with Crippen LogP contribution in [0.5, 0.6) is 0 Å². The second-order valence-corrected chi connectivity index (χ2v) is 12.3. The zero-order valence-electron chi connectivity index (χ0n) is 22.2. The molecule has 2 aromatic carbocycles. The summed E-state index contributed by atoms with van der Waals surface area (Å²) in [4.78, 5) is 39.4. The molecule has 5 rings (SSSR count). The molecule has 0 radical (unpaired) electrons. The van der Waals surface area contributed by atoms with Crippen LogP contribution < -0.4 is 0 Å². The lowest BCUT2D eigenvalue weighted by Gasteiger charge is -2.35. The average molecular weight is 545 g/mol. The van der Waals surface area contributed by atoms with Crippen molar-refractivity contribution in [3.63, 3.8) is 0 Å². The highest BCUT2D eigenvalue weighted by atomic mass is 32.2. The molecule has 2 amide bonds. The highest BCUT2D eigenvalue weighted by Crippen LogP contribution is 2.33.